The fraction of sp³-hybridized carbons (Fsp3) is 0.375. The molecule has 3 aromatic rings. The summed E-state index contributed by atoms with van der Waals surface area (Å²) in [6.45, 7) is 0. The lowest BCUT2D eigenvalue weighted by Crippen LogP contribution is -2.06. The van der Waals surface area contributed by atoms with E-state index in [0.29, 0.717) is 17.2 Å². The maximum Gasteiger partial charge on any atom is 0.337 e. The Morgan fingerprint density at radius 3 is 2.59 bits per heavy atom. The molecule has 2 aliphatic rings. The molecule has 0 saturated heterocycles. The number of rotatable bonds is 3. The molecule has 2 aromatic carbocycles. The fourth-order valence-corrected chi connectivity index (χ4v) is 5.24. The highest BCUT2D eigenvalue weighted by Gasteiger charge is 2.37. The number of esters is 1. The maximum atomic E-state index is 12.2. The molecule has 5 heteroatoms. The van der Waals surface area contributed by atoms with Crippen LogP contribution in [0.15, 0.2) is 36.4 Å². The molecule has 2 heterocycles. The minimum absolute atomic E-state index is 0.371. The molecule has 1 N–H and O–H groups in total. The lowest BCUT2D eigenvalue weighted by atomic mass is 9.81. The van der Waals surface area contributed by atoms with Crippen molar-refractivity contribution in [2.45, 2.75) is 44.2 Å². The molecule has 0 bridgehead atoms. The predicted molar refractivity (Wildman–Crippen MR) is 111 cm³/mol. The number of hydrogen-bond acceptors (Lipinski definition) is 4. The van der Waals surface area contributed by atoms with Gasteiger partial charge in [-0.3, -0.25) is 0 Å². The largest absolute Gasteiger partial charge is 0.496 e. The average molecular weight is 391 g/mol. The molecular weight excluding hydrogens is 366 g/mol. The van der Waals surface area contributed by atoms with Gasteiger partial charge in [0.05, 0.1) is 36.6 Å². The monoisotopic (exact) mass is 391 g/mol. The molecule has 0 radical (unpaired) electrons. The number of hydrogen-bond donors (Lipinski definition) is 1. The number of methoxy groups -OCH3 is 2. The second-order valence-corrected chi connectivity index (χ2v) is 7.99. The van der Waals surface area contributed by atoms with E-state index >= 15 is 0 Å². The number of nitrogens with zero attached hydrogens (tertiary/aromatic N) is 1. The van der Waals surface area contributed by atoms with Gasteiger partial charge in [0.1, 0.15) is 5.75 Å². The molecule has 1 atom stereocenters. The van der Waals surface area contributed by atoms with Crippen molar-refractivity contribution in [3.8, 4) is 17.0 Å². The Labute approximate surface area is 169 Å². The third-order valence-corrected chi connectivity index (χ3v) is 6.52. The van der Waals surface area contributed by atoms with Crippen LogP contribution < -0.4 is 4.74 Å². The van der Waals surface area contributed by atoms with Gasteiger partial charge >= 0.3 is 5.97 Å². The van der Waals surface area contributed by atoms with Crippen molar-refractivity contribution in [3.05, 3.63) is 53.1 Å². The number of aliphatic hydroxyl groups excluding tert-OH is 1. The van der Waals surface area contributed by atoms with Crippen LogP contribution in [-0.4, -0.2) is 29.9 Å². The molecule has 29 heavy (non-hydrogen) atoms. The molecule has 0 amide bonds. The smallest absolute Gasteiger partial charge is 0.337 e. The Morgan fingerprint density at radius 1 is 1.07 bits per heavy atom. The summed E-state index contributed by atoms with van der Waals surface area (Å²) >= 11 is 0. The Hall–Kier alpha value is -2.79. The topological polar surface area (TPSA) is 60.7 Å². The highest BCUT2D eigenvalue weighted by molar-refractivity contribution is 6.00. The van der Waals surface area contributed by atoms with Crippen LogP contribution >= 0.6 is 0 Å². The van der Waals surface area contributed by atoms with Gasteiger partial charge in [-0.25, -0.2) is 4.79 Å². The SMILES string of the molecule is COC(=O)c1ccc2c(C3CCCCC3)c3n(c2c1)C(O)c1c(OC)cccc1-3. The number of ether oxygens (including phenoxy) is 2. The van der Waals surface area contributed by atoms with Gasteiger partial charge in [-0.1, -0.05) is 37.5 Å². The van der Waals surface area contributed by atoms with Gasteiger partial charge in [0.25, 0.3) is 0 Å². The van der Waals surface area contributed by atoms with E-state index in [2.05, 4.69) is 6.07 Å². The number of carbonyl (C=O) groups excluding carboxylic acids is 1. The molecule has 1 aromatic heterocycles. The minimum atomic E-state index is -0.844. The highest BCUT2D eigenvalue weighted by Crippen LogP contribution is 2.52. The predicted octanol–water partition coefficient (Wildman–Crippen LogP) is 5.00. The molecule has 1 unspecified atom stereocenters. The summed E-state index contributed by atoms with van der Waals surface area (Å²) in [7, 11) is 3.02. The average Bonchev–Trinajstić information content (AvgIpc) is 3.26. The van der Waals surface area contributed by atoms with Crippen LogP contribution in [0.3, 0.4) is 0 Å². The molecule has 5 nitrogen and oxygen atoms in total. The van der Waals surface area contributed by atoms with Crippen LogP contribution in [0.1, 0.15) is 65.7 Å². The van der Waals surface area contributed by atoms with E-state index in [4.69, 9.17) is 9.47 Å². The van der Waals surface area contributed by atoms with Crippen molar-refractivity contribution >= 4 is 16.9 Å². The minimum Gasteiger partial charge on any atom is -0.496 e. The molecule has 0 spiro atoms. The number of benzene rings is 2. The first-order valence-corrected chi connectivity index (χ1v) is 10.3. The maximum absolute atomic E-state index is 12.2. The van der Waals surface area contributed by atoms with E-state index in [1.807, 2.05) is 34.9 Å². The summed E-state index contributed by atoms with van der Waals surface area (Å²) in [5.41, 5.74) is 5.54. The van der Waals surface area contributed by atoms with Gasteiger partial charge in [-0.05, 0) is 42.5 Å². The third kappa shape index (κ3) is 2.60. The number of aromatic nitrogens is 1. The quantitative estimate of drug-likeness (QED) is 0.638. The van der Waals surface area contributed by atoms with Gasteiger partial charge in [0, 0.05) is 10.9 Å². The Morgan fingerprint density at radius 2 is 1.86 bits per heavy atom. The van der Waals surface area contributed by atoms with Crippen molar-refractivity contribution in [3.63, 3.8) is 0 Å². The summed E-state index contributed by atoms with van der Waals surface area (Å²) < 4.78 is 12.5. The lowest BCUT2D eigenvalue weighted by molar-refractivity contribution is 0.0600. The number of carbonyl (C=O) groups is 1. The van der Waals surface area contributed by atoms with Gasteiger partial charge in [0.15, 0.2) is 6.23 Å². The van der Waals surface area contributed by atoms with E-state index in [0.717, 1.165) is 40.6 Å². The first kappa shape index (κ1) is 18.3. The Kier molecular flexibility index (Phi) is 4.36. The van der Waals surface area contributed by atoms with Crippen LogP contribution in [0.5, 0.6) is 5.75 Å². The van der Waals surface area contributed by atoms with Gasteiger partial charge in [-0.2, -0.15) is 0 Å². The van der Waals surface area contributed by atoms with E-state index in [1.54, 1.807) is 7.11 Å². The summed E-state index contributed by atoms with van der Waals surface area (Å²) in [6.07, 6.45) is 5.20. The Balaban J connectivity index is 1.82. The molecule has 1 aliphatic heterocycles. The van der Waals surface area contributed by atoms with E-state index < -0.39 is 6.23 Å². The van der Waals surface area contributed by atoms with Crippen molar-refractivity contribution in [1.29, 1.82) is 0 Å². The normalized spacial score (nSPS) is 18.5. The molecule has 150 valence electrons. The van der Waals surface area contributed by atoms with E-state index in [1.165, 1.54) is 31.9 Å². The van der Waals surface area contributed by atoms with Gasteiger partial charge < -0.3 is 19.1 Å². The van der Waals surface area contributed by atoms with Crippen LogP contribution in [0.4, 0.5) is 0 Å². The molecule has 1 aliphatic carbocycles. The van der Waals surface area contributed by atoms with E-state index in [9.17, 15) is 9.90 Å². The molecule has 1 saturated carbocycles. The van der Waals surface area contributed by atoms with Gasteiger partial charge in [-0.15, -0.1) is 0 Å². The van der Waals surface area contributed by atoms with Crippen molar-refractivity contribution in [2.24, 2.45) is 0 Å². The number of aliphatic hydroxyl groups is 1. The lowest BCUT2D eigenvalue weighted by Gasteiger charge is -2.23. The summed E-state index contributed by atoms with van der Waals surface area (Å²) in [5.74, 6) is 0.769. The molecule has 1 fully saturated rings. The molecule has 5 rings (SSSR count). The molecular formula is C24H25NO4. The first-order valence-electron chi connectivity index (χ1n) is 10.3. The van der Waals surface area contributed by atoms with Crippen molar-refractivity contribution in [2.75, 3.05) is 14.2 Å². The Bertz CT molecular complexity index is 1110. The standard InChI is InChI=1S/C24H25NO4/c1-28-19-10-6-9-17-21(19)23(26)25-18-13-15(24(27)29-2)11-12-16(18)20(22(17)25)14-7-4-3-5-8-14/h6,9-14,23,26H,3-5,7-8H2,1-2H3. The van der Waals surface area contributed by atoms with Crippen LogP contribution in [0.25, 0.3) is 22.2 Å². The zero-order valence-electron chi connectivity index (χ0n) is 16.8. The van der Waals surface area contributed by atoms with Crippen LogP contribution in [-0.2, 0) is 4.74 Å². The summed E-state index contributed by atoms with van der Waals surface area (Å²) in [4.78, 5) is 12.2. The first-order chi connectivity index (χ1) is 14.2. The zero-order chi connectivity index (χ0) is 20.1. The summed E-state index contributed by atoms with van der Waals surface area (Å²) in [6, 6.07) is 11.6. The number of fused-ring (bicyclic) bond motifs is 5. The second-order valence-electron chi connectivity index (χ2n) is 7.99. The highest BCUT2D eigenvalue weighted by atomic mass is 16.5. The van der Waals surface area contributed by atoms with E-state index in [-0.39, 0.29) is 5.97 Å². The third-order valence-electron chi connectivity index (χ3n) is 6.52. The van der Waals surface area contributed by atoms with Crippen molar-refractivity contribution < 1.29 is 19.4 Å². The fourth-order valence-electron chi connectivity index (χ4n) is 5.24. The summed E-state index contributed by atoms with van der Waals surface area (Å²) in [5, 5.41) is 12.4. The zero-order valence-corrected chi connectivity index (χ0v) is 16.8. The van der Waals surface area contributed by atoms with Crippen molar-refractivity contribution in [1.82, 2.24) is 4.57 Å². The van der Waals surface area contributed by atoms with Gasteiger partial charge in [0.2, 0.25) is 0 Å². The van der Waals surface area contributed by atoms with Crippen LogP contribution in [0.2, 0.25) is 0 Å². The van der Waals surface area contributed by atoms with Crippen LogP contribution in [0, 0.1) is 0 Å². The second kappa shape index (κ2) is 6.92.